The summed E-state index contributed by atoms with van der Waals surface area (Å²) in [6.45, 7) is 3.01. The normalized spacial score (nSPS) is 10.2. The van der Waals surface area contributed by atoms with Crippen LogP contribution in [0.15, 0.2) is 36.4 Å². The van der Waals surface area contributed by atoms with Gasteiger partial charge in [-0.2, -0.15) is 0 Å². The number of alkyl halides is 1. The van der Waals surface area contributed by atoms with E-state index < -0.39 is 0 Å². The van der Waals surface area contributed by atoms with Gasteiger partial charge in [0, 0.05) is 5.56 Å². The van der Waals surface area contributed by atoms with Crippen molar-refractivity contribution in [3.05, 3.63) is 42.0 Å². The van der Waals surface area contributed by atoms with Crippen LogP contribution in [0.1, 0.15) is 38.2 Å². The monoisotopic (exact) mass is 300 g/mol. The Morgan fingerprint density at radius 2 is 1.81 bits per heavy atom. The van der Waals surface area contributed by atoms with Crippen molar-refractivity contribution in [3.63, 3.8) is 0 Å². The molecule has 110 valence electrons. The fourth-order valence-electron chi connectivity index (χ4n) is 2.25. The van der Waals surface area contributed by atoms with E-state index in [1.165, 1.54) is 30.0 Å². The van der Waals surface area contributed by atoms with Gasteiger partial charge in [0.15, 0.2) is 0 Å². The minimum Gasteiger partial charge on any atom is -0.494 e. The molecule has 0 heterocycles. The predicted molar refractivity (Wildman–Crippen MR) is 91.2 cm³/mol. The molecule has 2 rings (SSSR count). The summed E-state index contributed by atoms with van der Waals surface area (Å²) < 4.78 is 5.81. The first-order valence-corrected chi connectivity index (χ1v) is 8.08. The van der Waals surface area contributed by atoms with Crippen LogP contribution < -0.4 is 4.74 Å². The zero-order valence-corrected chi connectivity index (χ0v) is 13.2. The molecule has 0 saturated carbocycles. The van der Waals surface area contributed by atoms with E-state index in [4.69, 9.17) is 16.3 Å². The molecule has 0 saturated heterocycles. The number of benzene rings is 2. The first-order valence-electron chi connectivity index (χ1n) is 7.55. The van der Waals surface area contributed by atoms with Crippen LogP contribution in [-0.4, -0.2) is 12.5 Å². The summed E-state index contributed by atoms with van der Waals surface area (Å²) in [5.74, 6) is 7.22. The SMILES string of the molecule is CCCCCCOc1ccc2cc(C#CCCl)ccc2c1. The molecule has 0 aromatic heterocycles. The van der Waals surface area contributed by atoms with Crippen molar-refractivity contribution in [1.29, 1.82) is 0 Å². The Kier molecular flexibility index (Phi) is 6.44. The Morgan fingerprint density at radius 3 is 2.62 bits per heavy atom. The molecule has 2 aromatic rings. The lowest BCUT2D eigenvalue weighted by molar-refractivity contribution is 0.305. The molecule has 21 heavy (non-hydrogen) atoms. The number of ether oxygens (including phenoxy) is 1. The smallest absolute Gasteiger partial charge is 0.119 e. The average molecular weight is 301 g/mol. The van der Waals surface area contributed by atoms with Crippen molar-refractivity contribution in [3.8, 4) is 17.6 Å². The number of unbranched alkanes of at least 4 members (excludes halogenated alkanes) is 3. The first-order chi connectivity index (χ1) is 10.3. The quantitative estimate of drug-likeness (QED) is 0.395. The van der Waals surface area contributed by atoms with Crippen LogP contribution in [0.4, 0.5) is 0 Å². The highest BCUT2D eigenvalue weighted by molar-refractivity contribution is 6.19. The van der Waals surface area contributed by atoms with E-state index in [1.54, 1.807) is 0 Å². The fraction of sp³-hybridized carbons (Fsp3) is 0.368. The van der Waals surface area contributed by atoms with Gasteiger partial charge in [-0.3, -0.25) is 0 Å². The van der Waals surface area contributed by atoms with Crippen LogP contribution in [0.5, 0.6) is 5.75 Å². The summed E-state index contributed by atoms with van der Waals surface area (Å²) in [5, 5.41) is 2.35. The lowest BCUT2D eigenvalue weighted by Gasteiger charge is -2.07. The Hall–Kier alpha value is -1.65. The average Bonchev–Trinajstić information content (AvgIpc) is 2.52. The van der Waals surface area contributed by atoms with Crippen molar-refractivity contribution in [2.45, 2.75) is 32.6 Å². The van der Waals surface area contributed by atoms with E-state index in [0.29, 0.717) is 5.88 Å². The zero-order valence-electron chi connectivity index (χ0n) is 12.5. The van der Waals surface area contributed by atoms with Crippen LogP contribution >= 0.6 is 11.6 Å². The Bertz CT molecular complexity index is 637. The van der Waals surface area contributed by atoms with E-state index in [0.717, 1.165) is 24.3 Å². The Balaban J connectivity index is 2.01. The van der Waals surface area contributed by atoms with E-state index in [1.807, 2.05) is 12.1 Å². The van der Waals surface area contributed by atoms with Gasteiger partial charge in [-0.25, -0.2) is 0 Å². The molecular weight excluding hydrogens is 280 g/mol. The third kappa shape index (κ3) is 4.99. The zero-order chi connectivity index (χ0) is 14.9. The molecule has 2 heteroatoms. The third-order valence-electron chi connectivity index (χ3n) is 3.38. The van der Waals surface area contributed by atoms with Gasteiger partial charge in [0.05, 0.1) is 12.5 Å². The minimum absolute atomic E-state index is 0.364. The molecule has 0 unspecified atom stereocenters. The molecule has 0 atom stereocenters. The highest BCUT2D eigenvalue weighted by Gasteiger charge is 1.99. The van der Waals surface area contributed by atoms with Crippen molar-refractivity contribution in [2.75, 3.05) is 12.5 Å². The Labute approximate surface area is 132 Å². The summed E-state index contributed by atoms with van der Waals surface area (Å²) in [6.07, 6.45) is 4.91. The van der Waals surface area contributed by atoms with Crippen molar-refractivity contribution >= 4 is 22.4 Å². The maximum absolute atomic E-state index is 5.81. The van der Waals surface area contributed by atoms with E-state index in [9.17, 15) is 0 Å². The fourth-order valence-corrected chi connectivity index (χ4v) is 2.31. The van der Waals surface area contributed by atoms with Gasteiger partial charge in [0.25, 0.3) is 0 Å². The summed E-state index contributed by atoms with van der Waals surface area (Å²) in [5.41, 5.74) is 0.997. The van der Waals surface area contributed by atoms with Gasteiger partial charge in [0.1, 0.15) is 5.75 Å². The van der Waals surface area contributed by atoms with Gasteiger partial charge in [-0.05, 0) is 41.5 Å². The molecule has 0 N–H and O–H groups in total. The van der Waals surface area contributed by atoms with Gasteiger partial charge in [0.2, 0.25) is 0 Å². The topological polar surface area (TPSA) is 9.23 Å². The minimum atomic E-state index is 0.364. The molecule has 2 aromatic carbocycles. The molecular formula is C19H21ClO. The molecule has 0 radical (unpaired) electrons. The number of hydrogen-bond acceptors (Lipinski definition) is 1. The third-order valence-corrected chi connectivity index (χ3v) is 3.51. The number of hydrogen-bond donors (Lipinski definition) is 0. The van der Waals surface area contributed by atoms with Crippen LogP contribution in [0, 0.1) is 11.8 Å². The summed E-state index contributed by atoms with van der Waals surface area (Å²) in [7, 11) is 0. The second-order valence-electron chi connectivity index (χ2n) is 5.07. The van der Waals surface area contributed by atoms with Gasteiger partial charge < -0.3 is 4.74 Å². The molecule has 0 aliphatic heterocycles. The first kappa shape index (κ1) is 15.7. The number of rotatable bonds is 6. The second kappa shape index (κ2) is 8.60. The lowest BCUT2D eigenvalue weighted by atomic mass is 10.1. The summed E-state index contributed by atoms with van der Waals surface area (Å²) >= 11 is 5.58. The second-order valence-corrected chi connectivity index (χ2v) is 5.34. The molecule has 0 aliphatic carbocycles. The van der Waals surface area contributed by atoms with Crippen molar-refractivity contribution in [2.24, 2.45) is 0 Å². The lowest BCUT2D eigenvalue weighted by Crippen LogP contribution is -1.97. The van der Waals surface area contributed by atoms with Crippen LogP contribution in [0.3, 0.4) is 0 Å². The maximum atomic E-state index is 5.81. The van der Waals surface area contributed by atoms with E-state index >= 15 is 0 Å². The maximum Gasteiger partial charge on any atom is 0.119 e. The molecule has 0 aliphatic rings. The van der Waals surface area contributed by atoms with Crippen LogP contribution in [-0.2, 0) is 0 Å². The molecule has 0 fully saturated rings. The Morgan fingerprint density at radius 1 is 1.00 bits per heavy atom. The van der Waals surface area contributed by atoms with Gasteiger partial charge >= 0.3 is 0 Å². The van der Waals surface area contributed by atoms with Crippen LogP contribution in [0.25, 0.3) is 10.8 Å². The predicted octanol–water partition coefficient (Wildman–Crippen LogP) is 5.39. The largest absolute Gasteiger partial charge is 0.494 e. The molecule has 1 nitrogen and oxygen atoms in total. The van der Waals surface area contributed by atoms with Crippen molar-refractivity contribution in [1.82, 2.24) is 0 Å². The number of fused-ring (bicyclic) bond motifs is 1. The number of halogens is 1. The summed E-state index contributed by atoms with van der Waals surface area (Å²) in [4.78, 5) is 0. The van der Waals surface area contributed by atoms with Crippen LogP contribution in [0.2, 0.25) is 0 Å². The highest BCUT2D eigenvalue weighted by Crippen LogP contribution is 2.22. The van der Waals surface area contributed by atoms with Gasteiger partial charge in [-0.1, -0.05) is 50.2 Å². The standard InChI is InChI=1S/C19H21ClO/c1-2-3-4-5-13-21-19-11-10-17-14-16(7-6-12-20)8-9-18(17)15-19/h8-11,14-15H,2-5,12-13H2,1H3. The van der Waals surface area contributed by atoms with Crippen molar-refractivity contribution < 1.29 is 4.74 Å². The molecule has 0 bridgehead atoms. The highest BCUT2D eigenvalue weighted by atomic mass is 35.5. The van der Waals surface area contributed by atoms with Gasteiger partial charge in [-0.15, -0.1) is 11.6 Å². The molecule has 0 spiro atoms. The van der Waals surface area contributed by atoms with E-state index in [-0.39, 0.29) is 0 Å². The molecule has 0 amide bonds. The van der Waals surface area contributed by atoms with E-state index in [2.05, 4.69) is 43.0 Å². The summed E-state index contributed by atoms with van der Waals surface area (Å²) in [6, 6.07) is 12.4.